The van der Waals surface area contributed by atoms with Gasteiger partial charge in [0.25, 0.3) is 0 Å². The number of aliphatic imine (C=N–C) groups is 1. The standard InChI is InChI=1S/C17H24N4O.HI/c1-5-14-7-6-8-15(11-14)21-16(22)12-20-17(18-4)19-10-9-13(2)3;/h1,6-8,11,13H,9-10,12H2,2-4H3,(H,21,22)(H2,18,19,20);1H. The second-order valence-corrected chi connectivity index (χ2v) is 5.31. The molecule has 23 heavy (non-hydrogen) atoms. The molecular formula is C17H25IN4O. The monoisotopic (exact) mass is 428 g/mol. The summed E-state index contributed by atoms with van der Waals surface area (Å²) < 4.78 is 0. The molecule has 0 aliphatic carbocycles. The molecule has 0 aromatic heterocycles. The Kier molecular flexibility index (Phi) is 10.9. The summed E-state index contributed by atoms with van der Waals surface area (Å²) in [6.45, 7) is 5.29. The Labute approximate surface area is 155 Å². The van der Waals surface area contributed by atoms with Gasteiger partial charge in [-0.1, -0.05) is 25.8 Å². The van der Waals surface area contributed by atoms with Gasteiger partial charge in [0.2, 0.25) is 5.91 Å². The van der Waals surface area contributed by atoms with Crippen molar-refractivity contribution >= 4 is 41.5 Å². The topological polar surface area (TPSA) is 65.5 Å². The lowest BCUT2D eigenvalue weighted by Gasteiger charge is -2.13. The molecule has 5 nitrogen and oxygen atoms in total. The molecule has 0 atom stereocenters. The number of terminal acetylenes is 1. The van der Waals surface area contributed by atoms with Crippen LogP contribution in [0.4, 0.5) is 5.69 Å². The molecule has 3 N–H and O–H groups in total. The van der Waals surface area contributed by atoms with Gasteiger partial charge in [-0.25, -0.2) is 0 Å². The van der Waals surface area contributed by atoms with Crippen LogP contribution in [0.25, 0.3) is 0 Å². The van der Waals surface area contributed by atoms with Crippen LogP contribution in [0.15, 0.2) is 29.3 Å². The zero-order valence-corrected chi connectivity index (χ0v) is 16.2. The third-order valence-corrected chi connectivity index (χ3v) is 2.97. The van der Waals surface area contributed by atoms with Crippen LogP contribution in [-0.4, -0.2) is 32.0 Å². The van der Waals surface area contributed by atoms with Crippen molar-refractivity contribution in [1.82, 2.24) is 10.6 Å². The molecule has 1 amide bonds. The molecule has 0 fully saturated rings. The van der Waals surface area contributed by atoms with E-state index in [0.29, 0.717) is 17.6 Å². The highest BCUT2D eigenvalue weighted by atomic mass is 127. The van der Waals surface area contributed by atoms with Gasteiger partial charge in [-0.3, -0.25) is 9.79 Å². The molecular weight excluding hydrogens is 403 g/mol. The molecule has 0 unspecified atom stereocenters. The van der Waals surface area contributed by atoms with Gasteiger partial charge in [0, 0.05) is 24.8 Å². The van der Waals surface area contributed by atoms with Gasteiger partial charge in [0.15, 0.2) is 5.96 Å². The fourth-order valence-electron chi connectivity index (χ4n) is 1.76. The van der Waals surface area contributed by atoms with Crippen LogP contribution in [0.3, 0.4) is 0 Å². The average molecular weight is 428 g/mol. The molecule has 0 heterocycles. The zero-order valence-electron chi connectivity index (χ0n) is 13.8. The summed E-state index contributed by atoms with van der Waals surface area (Å²) in [5.41, 5.74) is 1.42. The summed E-state index contributed by atoms with van der Waals surface area (Å²) in [5, 5.41) is 8.94. The zero-order chi connectivity index (χ0) is 16.4. The molecule has 6 heteroatoms. The number of benzene rings is 1. The maximum Gasteiger partial charge on any atom is 0.243 e. The third kappa shape index (κ3) is 9.08. The summed E-state index contributed by atoms with van der Waals surface area (Å²) in [4.78, 5) is 16.0. The number of rotatable bonds is 6. The van der Waals surface area contributed by atoms with Gasteiger partial charge >= 0.3 is 0 Å². The first-order valence-electron chi connectivity index (χ1n) is 7.36. The maximum atomic E-state index is 11.9. The summed E-state index contributed by atoms with van der Waals surface area (Å²) in [6, 6.07) is 7.18. The predicted octanol–water partition coefficient (Wildman–Crippen LogP) is 2.44. The van der Waals surface area contributed by atoms with E-state index >= 15 is 0 Å². The minimum atomic E-state index is -0.152. The van der Waals surface area contributed by atoms with E-state index in [1.165, 1.54) is 0 Å². The number of halogens is 1. The van der Waals surface area contributed by atoms with Gasteiger partial charge in [-0.05, 0) is 30.5 Å². The first-order valence-corrected chi connectivity index (χ1v) is 7.36. The van der Waals surface area contributed by atoms with Crippen molar-refractivity contribution in [2.24, 2.45) is 10.9 Å². The van der Waals surface area contributed by atoms with E-state index in [1.54, 1.807) is 19.2 Å². The van der Waals surface area contributed by atoms with Gasteiger partial charge in [0.05, 0.1) is 6.54 Å². The van der Waals surface area contributed by atoms with Crippen LogP contribution in [0.1, 0.15) is 25.8 Å². The number of amides is 1. The van der Waals surface area contributed by atoms with Gasteiger partial charge < -0.3 is 16.0 Å². The third-order valence-electron chi connectivity index (χ3n) is 2.97. The second kappa shape index (κ2) is 11.8. The Bertz CT molecular complexity index is 564. The molecule has 126 valence electrons. The smallest absolute Gasteiger partial charge is 0.243 e. The lowest BCUT2D eigenvalue weighted by molar-refractivity contribution is -0.115. The van der Waals surface area contributed by atoms with Gasteiger partial charge in [-0.15, -0.1) is 30.4 Å². The Morgan fingerprint density at radius 1 is 1.35 bits per heavy atom. The second-order valence-electron chi connectivity index (χ2n) is 5.31. The lowest BCUT2D eigenvalue weighted by Crippen LogP contribution is -2.41. The van der Waals surface area contributed by atoms with E-state index < -0.39 is 0 Å². The molecule has 1 aromatic rings. The lowest BCUT2D eigenvalue weighted by atomic mass is 10.1. The Balaban J connectivity index is 0.00000484. The maximum absolute atomic E-state index is 11.9. The summed E-state index contributed by atoms with van der Waals surface area (Å²) >= 11 is 0. The number of guanidine groups is 1. The van der Waals surface area contributed by atoms with Gasteiger partial charge in [-0.2, -0.15) is 0 Å². The fraction of sp³-hybridized carbons (Fsp3) is 0.412. The Morgan fingerprint density at radius 2 is 2.09 bits per heavy atom. The largest absolute Gasteiger partial charge is 0.356 e. The van der Waals surface area contributed by atoms with E-state index in [4.69, 9.17) is 6.42 Å². The van der Waals surface area contributed by atoms with Crippen LogP contribution in [-0.2, 0) is 4.79 Å². The number of anilines is 1. The van der Waals surface area contributed by atoms with Crippen molar-refractivity contribution < 1.29 is 4.79 Å². The van der Waals surface area contributed by atoms with Crippen LogP contribution in [0.5, 0.6) is 0 Å². The van der Waals surface area contributed by atoms with Crippen LogP contribution in [0, 0.1) is 18.3 Å². The van der Waals surface area contributed by atoms with E-state index in [1.807, 2.05) is 12.1 Å². The Hall–Kier alpha value is -1.75. The fourth-order valence-corrected chi connectivity index (χ4v) is 1.76. The van der Waals surface area contributed by atoms with Crippen molar-refractivity contribution in [3.63, 3.8) is 0 Å². The number of hydrogen-bond donors (Lipinski definition) is 3. The van der Waals surface area contributed by atoms with Crippen molar-refractivity contribution in [1.29, 1.82) is 0 Å². The summed E-state index contributed by atoms with van der Waals surface area (Å²) in [7, 11) is 1.68. The highest BCUT2D eigenvalue weighted by molar-refractivity contribution is 14.0. The van der Waals surface area contributed by atoms with Crippen LogP contribution >= 0.6 is 24.0 Å². The first-order chi connectivity index (χ1) is 10.5. The quantitative estimate of drug-likeness (QED) is 0.282. The SMILES string of the molecule is C#Cc1cccc(NC(=O)CNC(=NC)NCCC(C)C)c1.I. The van der Waals surface area contributed by atoms with Crippen molar-refractivity contribution in [2.75, 3.05) is 25.5 Å². The highest BCUT2D eigenvalue weighted by Gasteiger charge is 2.04. The van der Waals surface area contributed by atoms with Gasteiger partial charge in [0.1, 0.15) is 0 Å². The van der Waals surface area contributed by atoms with E-state index in [0.717, 1.165) is 18.5 Å². The minimum absolute atomic E-state index is 0. The van der Waals surface area contributed by atoms with E-state index in [-0.39, 0.29) is 36.4 Å². The molecule has 0 saturated carbocycles. The number of carbonyl (C=O) groups excluding carboxylic acids is 1. The number of nitrogens with one attached hydrogen (secondary N) is 3. The molecule has 0 aliphatic rings. The van der Waals surface area contributed by atoms with Crippen LogP contribution in [0.2, 0.25) is 0 Å². The predicted molar refractivity (Wildman–Crippen MR) is 107 cm³/mol. The average Bonchev–Trinajstić information content (AvgIpc) is 2.50. The molecule has 0 bridgehead atoms. The molecule has 0 radical (unpaired) electrons. The molecule has 1 rings (SSSR count). The Morgan fingerprint density at radius 3 is 2.70 bits per heavy atom. The summed E-state index contributed by atoms with van der Waals surface area (Å²) in [5.74, 6) is 3.63. The minimum Gasteiger partial charge on any atom is -0.356 e. The number of carbonyl (C=O) groups is 1. The first kappa shape index (κ1) is 21.2. The highest BCUT2D eigenvalue weighted by Crippen LogP contribution is 2.09. The number of nitrogens with zero attached hydrogens (tertiary/aromatic N) is 1. The molecule has 0 spiro atoms. The van der Waals surface area contributed by atoms with Crippen LogP contribution < -0.4 is 16.0 Å². The number of hydrogen-bond acceptors (Lipinski definition) is 2. The molecule has 0 saturated heterocycles. The van der Waals surface area contributed by atoms with Crippen molar-refractivity contribution in [3.8, 4) is 12.3 Å². The summed E-state index contributed by atoms with van der Waals surface area (Å²) in [6.07, 6.45) is 6.38. The normalized spacial score (nSPS) is 10.5. The van der Waals surface area contributed by atoms with Crippen molar-refractivity contribution in [2.45, 2.75) is 20.3 Å². The van der Waals surface area contributed by atoms with E-state index in [9.17, 15) is 4.79 Å². The van der Waals surface area contributed by atoms with Crippen molar-refractivity contribution in [3.05, 3.63) is 29.8 Å². The molecule has 0 aliphatic heterocycles. The molecule has 1 aromatic carbocycles. The van der Waals surface area contributed by atoms with E-state index in [2.05, 4.69) is 40.7 Å².